The zero-order valence-corrected chi connectivity index (χ0v) is 34.1. The lowest BCUT2D eigenvalue weighted by Crippen LogP contribution is -2.69. The molecule has 4 aliphatic heterocycles. The van der Waals surface area contributed by atoms with E-state index in [9.17, 15) is 24.4 Å². The van der Waals surface area contributed by atoms with Crippen molar-refractivity contribution in [2.45, 2.75) is 109 Å². The Morgan fingerprint density at radius 1 is 0.983 bits per heavy atom. The van der Waals surface area contributed by atoms with Gasteiger partial charge in [0.2, 0.25) is 18.6 Å². The minimum absolute atomic E-state index is 0.0225. The Bertz CT molecular complexity index is 2170. The first-order chi connectivity index (χ1) is 27.9. The highest BCUT2D eigenvalue weighted by Gasteiger charge is 2.57. The van der Waals surface area contributed by atoms with Crippen LogP contribution in [-0.4, -0.2) is 85.2 Å². The quantitative estimate of drug-likeness (QED) is 0.192. The topological polar surface area (TPSA) is 169 Å². The molecule has 0 saturated carbocycles. The molecule has 4 aliphatic rings. The fourth-order valence-corrected chi connectivity index (χ4v) is 9.39. The third-order valence-electron chi connectivity index (χ3n) is 11.9. The van der Waals surface area contributed by atoms with E-state index in [1.807, 2.05) is 58.2 Å². The maximum Gasteiger partial charge on any atom is 0.311 e. The predicted octanol–water partition coefficient (Wildman–Crippen LogP) is 4.70. The molecule has 0 spiro atoms. The molecule has 3 aromatic rings. The standard InChI is InChI=1S/C44H51N5O9/c1-8-12-35(52)58-43-36-28(17-23(2)39(43)54-7)18-30-32(20-45)49-31(38(36)48(30)6)19-29-37(42-41(55-22-56-42)24(3)40(29)57-26(5)50)33(49)21-46-44(53)25(4)47-34(51)16-15-27-13-10-9-11-14-27/h9-11,13-14,17,25,30-33,38H,8,12,15-16,18-19,21-22H2,1-7H3,(H,46,53)(H,47,51)/t25?,30?,31-,32-,33-,38?/m0/s1. The van der Waals surface area contributed by atoms with Crippen LogP contribution in [0, 0.1) is 25.2 Å². The van der Waals surface area contributed by atoms with Gasteiger partial charge in [0, 0.05) is 60.6 Å². The number of fused-ring (bicyclic) bond motifs is 9. The molecule has 14 heteroatoms. The Hall–Kier alpha value is -5.65. The van der Waals surface area contributed by atoms with Crippen molar-refractivity contribution in [3.8, 4) is 34.8 Å². The molecule has 2 N–H and O–H groups in total. The van der Waals surface area contributed by atoms with Crippen molar-refractivity contribution in [2.24, 2.45) is 0 Å². The highest BCUT2D eigenvalue weighted by atomic mass is 16.7. The maximum atomic E-state index is 13.8. The molecule has 3 unspecified atom stereocenters. The Kier molecular flexibility index (Phi) is 11.7. The summed E-state index contributed by atoms with van der Waals surface area (Å²) in [4.78, 5) is 57.0. The lowest BCUT2D eigenvalue weighted by molar-refractivity contribution is -0.135. The summed E-state index contributed by atoms with van der Waals surface area (Å²) in [7, 11) is 3.54. The molecule has 6 atom stereocenters. The average Bonchev–Trinajstić information content (AvgIpc) is 3.69. The van der Waals surface area contributed by atoms with Gasteiger partial charge in [0.05, 0.1) is 25.3 Å². The van der Waals surface area contributed by atoms with Gasteiger partial charge in [-0.3, -0.25) is 29.0 Å². The second-order valence-electron chi connectivity index (χ2n) is 15.6. The zero-order valence-electron chi connectivity index (χ0n) is 34.1. The van der Waals surface area contributed by atoms with Crippen LogP contribution in [0.5, 0.6) is 28.7 Å². The minimum atomic E-state index is -0.858. The Morgan fingerprint density at radius 2 is 1.72 bits per heavy atom. The van der Waals surface area contributed by atoms with Gasteiger partial charge < -0.3 is 34.3 Å². The van der Waals surface area contributed by atoms with Crippen LogP contribution in [0.25, 0.3) is 0 Å². The minimum Gasteiger partial charge on any atom is -0.493 e. The summed E-state index contributed by atoms with van der Waals surface area (Å²) >= 11 is 0. The van der Waals surface area contributed by atoms with Gasteiger partial charge in [-0.2, -0.15) is 5.26 Å². The number of nitriles is 1. The molecule has 2 amide bonds. The second-order valence-corrected chi connectivity index (χ2v) is 15.6. The van der Waals surface area contributed by atoms with Gasteiger partial charge in [0.1, 0.15) is 17.8 Å². The monoisotopic (exact) mass is 793 g/mol. The summed E-state index contributed by atoms with van der Waals surface area (Å²) in [5, 5.41) is 17.0. The number of benzene rings is 3. The van der Waals surface area contributed by atoms with Crippen LogP contribution in [0.2, 0.25) is 0 Å². The second kappa shape index (κ2) is 16.7. The number of methoxy groups -OCH3 is 1. The first-order valence-corrected chi connectivity index (χ1v) is 19.9. The van der Waals surface area contributed by atoms with Gasteiger partial charge in [0.15, 0.2) is 23.0 Å². The molecule has 0 aromatic heterocycles. The number of ether oxygens (including phenoxy) is 5. The van der Waals surface area contributed by atoms with Crippen LogP contribution >= 0.6 is 0 Å². The lowest BCUT2D eigenvalue weighted by atomic mass is 9.71. The molecule has 14 nitrogen and oxygen atoms in total. The summed E-state index contributed by atoms with van der Waals surface area (Å²) in [6.07, 6.45) is 2.38. The molecular weight excluding hydrogens is 743 g/mol. The van der Waals surface area contributed by atoms with Crippen molar-refractivity contribution in [3.63, 3.8) is 0 Å². The smallest absolute Gasteiger partial charge is 0.311 e. The number of amides is 2. The molecule has 0 radical (unpaired) electrons. The number of likely N-dealkylation sites (N-methyl/N-ethyl adjacent to an activating group) is 1. The van der Waals surface area contributed by atoms with Crippen LogP contribution < -0.4 is 34.3 Å². The van der Waals surface area contributed by atoms with E-state index in [0.29, 0.717) is 71.1 Å². The van der Waals surface area contributed by atoms with Crippen molar-refractivity contribution in [1.29, 1.82) is 5.26 Å². The van der Waals surface area contributed by atoms with E-state index in [-0.39, 0.29) is 44.1 Å². The number of esters is 2. The number of piperazine rings is 1. The van der Waals surface area contributed by atoms with Crippen molar-refractivity contribution in [1.82, 2.24) is 20.4 Å². The van der Waals surface area contributed by atoms with E-state index in [2.05, 4.69) is 32.6 Å². The van der Waals surface area contributed by atoms with Gasteiger partial charge in [-0.1, -0.05) is 43.3 Å². The van der Waals surface area contributed by atoms with Crippen LogP contribution in [0.15, 0.2) is 36.4 Å². The number of rotatable bonds is 12. The number of carbonyl (C=O) groups excluding carboxylic acids is 4. The Morgan fingerprint density at radius 3 is 2.41 bits per heavy atom. The summed E-state index contributed by atoms with van der Waals surface area (Å²) in [5.41, 5.74) is 5.53. The van der Waals surface area contributed by atoms with Crippen molar-refractivity contribution in [3.05, 3.63) is 75.3 Å². The van der Waals surface area contributed by atoms with Gasteiger partial charge in [-0.05, 0) is 70.2 Å². The number of hydrogen-bond donors (Lipinski definition) is 2. The van der Waals surface area contributed by atoms with E-state index in [1.54, 1.807) is 14.0 Å². The SMILES string of the molecule is CCCC(=O)Oc1c(OC)c(C)cc2c1C1[C@@H]3Cc4c(OC(C)=O)c(C)c5c(c4[C@H](CNC(=O)C(C)NC(=O)CCc4ccccc4)N3[C@@H](C#N)C(C2)N1C)OCO5. The van der Waals surface area contributed by atoms with Gasteiger partial charge >= 0.3 is 11.9 Å². The van der Waals surface area contributed by atoms with Crippen molar-refractivity contribution < 1.29 is 42.9 Å². The van der Waals surface area contributed by atoms with Gasteiger partial charge in [-0.25, -0.2) is 0 Å². The van der Waals surface area contributed by atoms with Crippen LogP contribution in [0.1, 0.15) is 91.1 Å². The maximum absolute atomic E-state index is 13.8. The highest BCUT2D eigenvalue weighted by Crippen LogP contribution is 2.58. The predicted molar refractivity (Wildman–Crippen MR) is 212 cm³/mol. The number of aryl methyl sites for hydroxylation is 2. The van der Waals surface area contributed by atoms with E-state index < -0.39 is 42.1 Å². The van der Waals surface area contributed by atoms with Crippen LogP contribution in [0.3, 0.4) is 0 Å². The average molecular weight is 794 g/mol. The van der Waals surface area contributed by atoms with E-state index in [4.69, 9.17) is 23.7 Å². The van der Waals surface area contributed by atoms with E-state index >= 15 is 0 Å². The lowest BCUT2D eigenvalue weighted by Gasteiger charge is -2.60. The normalized spacial score (nSPS) is 22.0. The number of hydrogen-bond acceptors (Lipinski definition) is 12. The number of carbonyl (C=O) groups is 4. The fourth-order valence-electron chi connectivity index (χ4n) is 9.39. The third-order valence-corrected chi connectivity index (χ3v) is 11.9. The molecule has 4 heterocycles. The van der Waals surface area contributed by atoms with Crippen LogP contribution in [0.4, 0.5) is 0 Å². The molecule has 58 heavy (non-hydrogen) atoms. The molecule has 7 rings (SSSR count). The Balaban J connectivity index is 1.31. The first kappa shape index (κ1) is 40.5. The molecule has 1 fully saturated rings. The molecular formula is C44H51N5O9. The largest absolute Gasteiger partial charge is 0.493 e. The molecule has 0 aliphatic carbocycles. The first-order valence-electron chi connectivity index (χ1n) is 19.9. The fraction of sp³-hybridized carbons (Fsp3) is 0.477. The van der Waals surface area contributed by atoms with Crippen molar-refractivity contribution >= 4 is 23.8 Å². The summed E-state index contributed by atoms with van der Waals surface area (Å²) in [6.45, 7) is 8.58. The van der Waals surface area contributed by atoms with Crippen molar-refractivity contribution in [2.75, 3.05) is 27.5 Å². The molecule has 1 saturated heterocycles. The number of nitrogens with zero attached hydrogens (tertiary/aromatic N) is 3. The van der Waals surface area contributed by atoms with E-state index in [0.717, 1.165) is 22.3 Å². The third kappa shape index (κ3) is 7.33. The summed E-state index contributed by atoms with van der Waals surface area (Å²) in [6, 6.07) is 11.0. The zero-order chi connectivity index (χ0) is 41.4. The molecule has 3 aromatic carbocycles. The van der Waals surface area contributed by atoms with Gasteiger partial charge in [-0.15, -0.1) is 0 Å². The summed E-state index contributed by atoms with van der Waals surface area (Å²) < 4.78 is 30.2. The van der Waals surface area contributed by atoms with Crippen LogP contribution in [-0.2, 0) is 38.4 Å². The van der Waals surface area contributed by atoms with E-state index in [1.165, 1.54) is 6.92 Å². The van der Waals surface area contributed by atoms with Gasteiger partial charge in [0.25, 0.3) is 0 Å². The number of nitrogens with one attached hydrogen (secondary N) is 2. The highest BCUT2D eigenvalue weighted by molar-refractivity contribution is 5.87. The molecule has 306 valence electrons. The molecule has 2 bridgehead atoms. The summed E-state index contributed by atoms with van der Waals surface area (Å²) in [5.74, 6) is 0.506. The Labute approximate surface area is 338 Å².